The molecule has 6 nitrogen and oxygen atoms in total. The van der Waals surface area contributed by atoms with Crippen molar-refractivity contribution in [2.45, 2.75) is 45.6 Å². The van der Waals surface area contributed by atoms with Gasteiger partial charge in [0.05, 0.1) is 12.0 Å². The van der Waals surface area contributed by atoms with Crippen LogP contribution in [0, 0.1) is 5.92 Å². The number of rotatable bonds is 8. The summed E-state index contributed by atoms with van der Waals surface area (Å²) < 4.78 is 0. The Labute approximate surface area is 142 Å². The van der Waals surface area contributed by atoms with Crippen molar-refractivity contribution in [3.63, 3.8) is 0 Å². The summed E-state index contributed by atoms with van der Waals surface area (Å²) in [6.45, 7) is 7.05. The van der Waals surface area contributed by atoms with Crippen molar-refractivity contribution in [2.24, 2.45) is 5.92 Å². The van der Waals surface area contributed by atoms with E-state index >= 15 is 0 Å². The van der Waals surface area contributed by atoms with Crippen LogP contribution in [0.25, 0.3) is 0 Å². The number of amides is 2. The molecule has 0 unspecified atom stereocenters. The van der Waals surface area contributed by atoms with Crippen molar-refractivity contribution in [3.8, 4) is 0 Å². The monoisotopic (exact) mass is 334 g/mol. The Kier molecular flexibility index (Phi) is 6.95. The highest BCUT2D eigenvalue weighted by molar-refractivity contribution is 5.92. The minimum absolute atomic E-state index is 0.137. The van der Waals surface area contributed by atoms with Crippen LogP contribution in [0.1, 0.15) is 39.7 Å². The van der Waals surface area contributed by atoms with E-state index in [2.05, 4.69) is 10.6 Å². The second-order valence-corrected chi connectivity index (χ2v) is 6.76. The minimum atomic E-state index is -1.08. The molecular weight excluding hydrogens is 308 g/mol. The number of hydrogen-bond acceptors (Lipinski definition) is 3. The number of aliphatic carboxylic acids is 1. The van der Waals surface area contributed by atoms with E-state index in [1.807, 2.05) is 44.2 Å². The van der Waals surface area contributed by atoms with Gasteiger partial charge in [0, 0.05) is 0 Å². The first-order valence-electron chi connectivity index (χ1n) is 8.00. The van der Waals surface area contributed by atoms with Crippen molar-refractivity contribution in [1.82, 2.24) is 10.6 Å². The highest BCUT2D eigenvalue weighted by Crippen LogP contribution is 2.22. The molecule has 1 atom stereocenters. The zero-order valence-electron chi connectivity index (χ0n) is 14.6. The molecule has 2 amide bonds. The van der Waals surface area contributed by atoms with Crippen molar-refractivity contribution in [2.75, 3.05) is 6.54 Å². The summed E-state index contributed by atoms with van der Waals surface area (Å²) in [4.78, 5) is 35.4. The lowest BCUT2D eigenvalue weighted by Gasteiger charge is -2.24. The molecule has 0 aliphatic rings. The van der Waals surface area contributed by atoms with Gasteiger partial charge in [-0.3, -0.25) is 9.59 Å². The highest BCUT2D eigenvalue weighted by atomic mass is 16.4. The molecular formula is C18H26N2O4. The fourth-order valence-electron chi connectivity index (χ4n) is 2.31. The van der Waals surface area contributed by atoms with E-state index in [1.54, 1.807) is 13.8 Å². The van der Waals surface area contributed by atoms with E-state index in [0.717, 1.165) is 5.56 Å². The summed E-state index contributed by atoms with van der Waals surface area (Å²) in [5.74, 6) is -1.74. The van der Waals surface area contributed by atoms with Crippen LogP contribution in [0.5, 0.6) is 0 Å². The molecule has 1 rings (SSSR count). The highest BCUT2D eigenvalue weighted by Gasteiger charge is 2.30. The predicted molar refractivity (Wildman–Crippen MR) is 91.5 cm³/mol. The van der Waals surface area contributed by atoms with Gasteiger partial charge in [0.1, 0.15) is 6.04 Å². The SMILES string of the molecule is CC(C)C[C@H](NC(=O)CNC(=O)C(C)(C)c1ccccc1)C(=O)O. The molecule has 3 N–H and O–H groups in total. The third kappa shape index (κ3) is 5.68. The van der Waals surface area contributed by atoms with Crippen molar-refractivity contribution >= 4 is 17.8 Å². The normalized spacial score (nSPS) is 12.5. The van der Waals surface area contributed by atoms with Gasteiger partial charge in [0.15, 0.2) is 0 Å². The molecule has 0 aliphatic carbocycles. The van der Waals surface area contributed by atoms with Gasteiger partial charge in [-0.2, -0.15) is 0 Å². The smallest absolute Gasteiger partial charge is 0.326 e. The van der Waals surface area contributed by atoms with E-state index < -0.39 is 23.3 Å². The summed E-state index contributed by atoms with van der Waals surface area (Å²) in [6.07, 6.45) is 0.338. The van der Waals surface area contributed by atoms with E-state index in [9.17, 15) is 14.4 Å². The number of carbonyl (C=O) groups excluding carboxylic acids is 2. The average molecular weight is 334 g/mol. The molecule has 0 saturated carbocycles. The first-order valence-corrected chi connectivity index (χ1v) is 8.00. The molecule has 0 saturated heterocycles. The molecule has 1 aromatic carbocycles. The molecule has 132 valence electrons. The minimum Gasteiger partial charge on any atom is -0.480 e. The van der Waals surface area contributed by atoms with Gasteiger partial charge in [0.25, 0.3) is 0 Å². The van der Waals surface area contributed by atoms with E-state index in [4.69, 9.17) is 5.11 Å². The van der Waals surface area contributed by atoms with Gasteiger partial charge in [-0.15, -0.1) is 0 Å². The zero-order valence-corrected chi connectivity index (χ0v) is 14.6. The lowest BCUT2D eigenvalue weighted by molar-refractivity contribution is -0.142. The molecule has 24 heavy (non-hydrogen) atoms. The van der Waals surface area contributed by atoms with Crippen LogP contribution in [0.4, 0.5) is 0 Å². The maximum absolute atomic E-state index is 12.4. The largest absolute Gasteiger partial charge is 0.480 e. The Hall–Kier alpha value is -2.37. The second kappa shape index (κ2) is 8.47. The van der Waals surface area contributed by atoms with E-state index in [-0.39, 0.29) is 18.4 Å². The molecule has 6 heteroatoms. The Bertz CT molecular complexity index is 582. The van der Waals surface area contributed by atoms with Gasteiger partial charge in [-0.1, -0.05) is 44.2 Å². The lowest BCUT2D eigenvalue weighted by Crippen LogP contribution is -2.48. The maximum atomic E-state index is 12.4. The molecule has 0 heterocycles. The summed E-state index contributed by atoms with van der Waals surface area (Å²) in [5, 5.41) is 14.1. The third-order valence-corrected chi connectivity index (χ3v) is 3.81. The number of hydrogen-bond donors (Lipinski definition) is 3. The number of nitrogens with one attached hydrogen (secondary N) is 2. The van der Waals surface area contributed by atoms with E-state index in [1.165, 1.54) is 0 Å². The molecule has 0 aromatic heterocycles. The van der Waals surface area contributed by atoms with Crippen LogP contribution in [0.2, 0.25) is 0 Å². The van der Waals surface area contributed by atoms with Crippen molar-refractivity contribution in [1.29, 1.82) is 0 Å². The summed E-state index contributed by atoms with van der Waals surface area (Å²) >= 11 is 0. The van der Waals surface area contributed by atoms with E-state index in [0.29, 0.717) is 6.42 Å². The van der Waals surface area contributed by atoms with Gasteiger partial charge in [-0.05, 0) is 31.7 Å². The first-order chi connectivity index (χ1) is 11.1. The summed E-state index contributed by atoms with van der Waals surface area (Å²) in [7, 11) is 0. The Morgan fingerprint density at radius 2 is 1.71 bits per heavy atom. The van der Waals surface area contributed by atoms with Gasteiger partial charge in [-0.25, -0.2) is 4.79 Å². The van der Waals surface area contributed by atoms with Crippen LogP contribution in [0.3, 0.4) is 0 Å². The number of carboxylic acids is 1. The molecule has 0 bridgehead atoms. The molecule has 0 aliphatic heterocycles. The van der Waals surface area contributed by atoms with Crippen LogP contribution < -0.4 is 10.6 Å². The Morgan fingerprint density at radius 3 is 2.21 bits per heavy atom. The third-order valence-electron chi connectivity index (χ3n) is 3.81. The quantitative estimate of drug-likeness (QED) is 0.674. The molecule has 1 aromatic rings. The van der Waals surface area contributed by atoms with Crippen LogP contribution in [-0.4, -0.2) is 35.5 Å². The number of carbonyl (C=O) groups is 3. The van der Waals surface area contributed by atoms with Crippen LogP contribution in [0.15, 0.2) is 30.3 Å². The predicted octanol–water partition coefficient (Wildman–Crippen LogP) is 1.70. The van der Waals surface area contributed by atoms with Gasteiger partial charge < -0.3 is 15.7 Å². The molecule has 0 spiro atoms. The molecule has 0 fully saturated rings. The number of carboxylic acid groups (broad SMARTS) is 1. The Balaban J connectivity index is 2.60. The fourth-order valence-corrected chi connectivity index (χ4v) is 2.31. The average Bonchev–Trinajstić information content (AvgIpc) is 2.52. The van der Waals surface area contributed by atoms with Crippen LogP contribution in [-0.2, 0) is 19.8 Å². The topological polar surface area (TPSA) is 95.5 Å². The summed E-state index contributed by atoms with van der Waals surface area (Å²) in [5.41, 5.74) is 0.0530. The maximum Gasteiger partial charge on any atom is 0.326 e. The molecule has 0 radical (unpaired) electrons. The number of benzene rings is 1. The standard InChI is InChI=1S/C18H26N2O4/c1-12(2)10-14(16(22)23)20-15(21)11-19-17(24)18(3,4)13-8-6-5-7-9-13/h5-9,12,14H,10-11H2,1-4H3,(H,19,24)(H,20,21)(H,22,23)/t14-/m0/s1. The van der Waals surface area contributed by atoms with Crippen LogP contribution >= 0.6 is 0 Å². The van der Waals surface area contributed by atoms with Gasteiger partial charge in [0.2, 0.25) is 11.8 Å². The Morgan fingerprint density at radius 1 is 1.12 bits per heavy atom. The van der Waals surface area contributed by atoms with Gasteiger partial charge >= 0.3 is 5.97 Å². The van der Waals surface area contributed by atoms with Crippen molar-refractivity contribution < 1.29 is 19.5 Å². The zero-order chi connectivity index (χ0) is 18.3. The first kappa shape index (κ1) is 19.7. The summed E-state index contributed by atoms with van der Waals surface area (Å²) in [6, 6.07) is 8.31. The van der Waals surface area contributed by atoms with Crippen molar-refractivity contribution in [3.05, 3.63) is 35.9 Å². The second-order valence-electron chi connectivity index (χ2n) is 6.76. The lowest BCUT2D eigenvalue weighted by atomic mass is 9.84. The fraction of sp³-hybridized carbons (Fsp3) is 0.500.